The highest BCUT2D eigenvalue weighted by molar-refractivity contribution is 7.71. The fraction of sp³-hybridized carbons (Fsp3) is 0.333. The molecule has 0 aliphatic heterocycles. The monoisotopic (exact) mass is 170 g/mol. The van der Waals surface area contributed by atoms with E-state index in [2.05, 4.69) is 16.3 Å². The number of halogens is 1. The second kappa shape index (κ2) is 4.34. The molecule has 9 heavy (non-hydrogen) atoms. The maximum atomic E-state index is 9.75. The van der Waals surface area contributed by atoms with Crippen molar-refractivity contribution >= 4 is 32.7 Å². The molecule has 0 aliphatic carbocycles. The topological polar surface area (TPSA) is 60.4 Å². The third-order valence-electron chi connectivity index (χ3n) is 0.401. The maximum Gasteiger partial charge on any atom is 0.404 e. The van der Waals surface area contributed by atoms with Crippen LogP contribution in [0.4, 0.5) is 4.79 Å². The van der Waals surface area contributed by atoms with Crippen LogP contribution in [0.25, 0.3) is 0 Å². The molecule has 0 radical (unpaired) electrons. The van der Waals surface area contributed by atoms with Gasteiger partial charge in [-0.1, -0.05) is 0 Å². The van der Waals surface area contributed by atoms with Crippen molar-refractivity contribution in [2.24, 2.45) is 0 Å². The summed E-state index contributed by atoms with van der Waals surface area (Å²) >= 11 is 4.68. The van der Waals surface area contributed by atoms with Crippen LogP contribution >= 0.6 is 11.6 Å². The summed E-state index contributed by atoms with van der Waals surface area (Å²) in [4.78, 5) is 9.75. The Morgan fingerprint density at radius 2 is 2.22 bits per heavy atom. The first-order valence-electron chi connectivity index (χ1n) is 1.86. The van der Waals surface area contributed by atoms with Gasteiger partial charge in [-0.2, -0.15) is 8.42 Å². The van der Waals surface area contributed by atoms with Crippen LogP contribution in [0.5, 0.6) is 0 Å². The van der Waals surface area contributed by atoms with Gasteiger partial charge in [0.2, 0.25) is 10.3 Å². The van der Waals surface area contributed by atoms with Gasteiger partial charge in [0.15, 0.2) is 0 Å². The molecule has 0 saturated heterocycles. The third kappa shape index (κ3) is 7.45. The van der Waals surface area contributed by atoms with Gasteiger partial charge in [-0.3, -0.25) is 0 Å². The van der Waals surface area contributed by atoms with E-state index in [1.54, 1.807) is 0 Å². The van der Waals surface area contributed by atoms with Gasteiger partial charge in [0.05, 0.1) is 5.37 Å². The van der Waals surface area contributed by atoms with Gasteiger partial charge in [0.25, 0.3) is 0 Å². The molecular formula is C3H3ClO4S. The zero-order valence-electron chi connectivity index (χ0n) is 4.20. The van der Waals surface area contributed by atoms with Gasteiger partial charge in [0.1, 0.15) is 6.61 Å². The second-order valence-electron chi connectivity index (χ2n) is 0.976. The van der Waals surface area contributed by atoms with Crippen molar-refractivity contribution in [1.82, 2.24) is 0 Å². The minimum atomic E-state index is -2.29. The summed E-state index contributed by atoms with van der Waals surface area (Å²) in [6.45, 7) is -0.307. The Morgan fingerprint density at radius 3 is 2.56 bits per heavy atom. The van der Waals surface area contributed by atoms with Crippen molar-refractivity contribution in [1.29, 1.82) is 0 Å². The first-order valence-corrected chi connectivity index (χ1v) is 3.38. The Labute approximate surface area is 57.9 Å². The van der Waals surface area contributed by atoms with E-state index >= 15 is 0 Å². The summed E-state index contributed by atoms with van der Waals surface area (Å²) in [5.41, 5.74) is -1.02. The molecular weight excluding hydrogens is 168 g/mol. The van der Waals surface area contributed by atoms with Crippen LogP contribution < -0.4 is 0 Å². The van der Waals surface area contributed by atoms with Crippen molar-refractivity contribution < 1.29 is 17.9 Å². The Balaban J connectivity index is 3.55. The summed E-state index contributed by atoms with van der Waals surface area (Å²) in [5, 5.41) is 0.778. The smallest absolute Gasteiger partial charge is 0.404 e. The zero-order chi connectivity index (χ0) is 7.28. The minimum absolute atomic E-state index is 0.307. The molecule has 0 unspecified atom stereocenters. The summed E-state index contributed by atoms with van der Waals surface area (Å²) in [7, 11) is -2.29. The standard InChI is InChI=1S/C3H3ClO4S/c4-3(5)8-1-2-9(6)7/h2H,1H2. The third-order valence-corrected chi connectivity index (χ3v) is 0.918. The number of carbonyl (C=O) groups is 1. The normalized spacial score (nSPS) is 8.11. The van der Waals surface area contributed by atoms with Gasteiger partial charge in [-0.05, 0) is 0 Å². The predicted octanol–water partition coefficient (Wildman–Crippen LogP) is 0.0431. The van der Waals surface area contributed by atoms with Crippen LogP contribution in [0.3, 0.4) is 0 Å². The Kier molecular flexibility index (Phi) is 4.08. The van der Waals surface area contributed by atoms with E-state index in [0.717, 1.165) is 5.37 Å². The zero-order valence-corrected chi connectivity index (χ0v) is 5.78. The lowest BCUT2D eigenvalue weighted by molar-refractivity contribution is 0.191. The molecule has 52 valence electrons. The van der Waals surface area contributed by atoms with Crippen molar-refractivity contribution in [3.63, 3.8) is 0 Å². The number of rotatable bonds is 2. The van der Waals surface area contributed by atoms with Crippen LogP contribution in [0.1, 0.15) is 0 Å². The Morgan fingerprint density at radius 1 is 1.67 bits per heavy atom. The highest BCUT2D eigenvalue weighted by Crippen LogP contribution is 1.82. The van der Waals surface area contributed by atoms with Crippen LogP contribution in [-0.2, 0) is 15.0 Å². The molecule has 0 saturated carbocycles. The van der Waals surface area contributed by atoms with E-state index in [-0.39, 0.29) is 6.61 Å². The van der Waals surface area contributed by atoms with E-state index in [1.807, 2.05) is 0 Å². The fourth-order valence-corrected chi connectivity index (χ4v) is 0.397. The quantitative estimate of drug-likeness (QED) is 0.434. The number of ether oxygens (including phenoxy) is 1. The van der Waals surface area contributed by atoms with Crippen LogP contribution in [0.2, 0.25) is 0 Å². The van der Waals surface area contributed by atoms with Crippen molar-refractivity contribution in [2.75, 3.05) is 6.61 Å². The maximum absolute atomic E-state index is 9.75. The number of carbonyl (C=O) groups excluding carboxylic acids is 1. The summed E-state index contributed by atoms with van der Waals surface area (Å²) in [5.74, 6) is 0. The van der Waals surface area contributed by atoms with Crippen molar-refractivity contribution in [2.45, 2.75) is 0 Å². The number of hydrogen-bond acceptors (Lipinski definition) is 4. The van der Waals surface area contributed by atoms with Gasteiger partial charge in [-0.15, -0.1) is 0 Å². The summed E-state index contributed by atoms with van der Waals surface area (Å²) in [6.07, 6.45) is 0. The first kappa shape index (κ1) is 8.45. The largest absolute Gasteiger partial charge is 0.448 e. The molecule has 0 bridgehead atoms. The molecule has 0 aliphatic rings. The highest BCUT2D eigenvalue weighted by Gasteiger charge is 1.89. The SMILES string of the molecule is O=C(Cl)OCC=S(=O)=O. The van der Waals surface area contributed by atoms with E-state index < -0.39 is 15.7 Å². The van der Waals surface area contributed by atoms with Crippen molar-refractivity contribution in [3.8, 4) is 0 Å². The highest BCUT2D eigenvalue weighted by atomic mass is 35.5. The van der Waals surface area contributed by atoms with Gasteiger partial charge >= 0.3 is 5.43 Å². The van der Waals surface area contributed by atoms with E-state index in [4.69, 9.17) is 0 Å². The molecule has 0 heterocycles. The average Bonchev–Trinajstić information content (AvgIpc) is 1.63. The molecule has 0 fully saturated rings. The van der Waals surface area contributed by atoms with E-state index in [1.165, 1.54) is 0 Å². The minimum Gasteiger partial charge on any atom is -0.448 e. The Bertz CT molecular complexity index is 208. The van der Waals surface area contributed by atoms with Crippen LogP contribution in [0.15, 0.2) is 0 Å². The Hall–Kier alpha value is -0.550. The molecule has 0 atom stereocenters. The molecule has 4 nitrogen and oxygen atoms in total. The molecule has 0 rings (SSSR count). The molecule has 0 N–H and O–H groups in total. The van der Waals surface area contributed by atoms with Gasteiger partial charge in [-0.25, -0.2) is 4.79 Å². The average molecular weight is 171 g/mol. The van der Waals surface area contributed by atoms with Crippen LogP contribution in [0, 0.1) is 0 Å². The molecule has 0 aromatic heterocycles. The van der Waals surface area contributed by atoms with Crippen LogP contribution in [-0.4, -0.2) is 25.8 Å². The van der Waals surface area contributed by atoms with Crippen molar-refractivity contribution in [3.05, 3.63) is 0 Å². The molecule has 0 amide bonds. The second-order valence-corrected chi connectivity index (χ2v) is 2.14. The van der Waals surface area contributed by atoms with E-state index in [0.29, 0.717) is 0 Å². The lowest BCUT2D eigenvalue weighted by Gasteiger charge is -1.87. The summed E-state index contributed by atoms with van der Waals surface area (Å²) in [6, 6.07) is 0. The lowest BCUT2D eigenvalue weighted by Crippen LogP contribution is -1.97. The first-order chi connectivity index (χ1) is 4.13. The fourth-order valence-electron chi connectivity index (χ4n) is 0.155. The molecule has 6 heteroatoms. The van der Waals surface area contributed by atoms with Gasteiger partial charge < -0.3 is 4.74 Å². The lowest BCUT2D eigenvalue weighted by atomic mass is 10.9. The summed E-state index contributed by atoms with van der Waals surface area (Å²) < 4.78 is 23.4. The van der Waals surface area contributed by atoms with Gasteiger partial charge in [0, 0.05) is 11.6 Å². The molecule has 0 spiro atoms. The number of hydrogen-bond donors (Lipinski definition) is 0. The van der Waals surface area contributed by atoms with E-state index in [9.17, 15) is 13.2 Å². The molecule has 0 aromatic carbocycles. The molecule has 0 aromatic rings. The predicted molar refractivity (Wildman–Crippen MR) is 32.2 cm³/mol.